The van der Waals surface area contributed by atoms with E-state index in [0.29, 0.717) is 12.5 Å². The van der Waals surface area contributed by atoms with Gasteiger partial charge in [0.25, 0.3) is 0 Å². The lowest BCUT2D eigenvalue weighted by Gasteiger charge is -2.08. The van der Waals surface area contributed by atoms with Crippen LogP contribution in [0.25, 0.3) is 0 Å². The monoisotopic (exact) mass is 259 g/mol. The minimum absolute atomic E-state index is 0.271. The first-order chi connectivity index (χ1) is 9.33. The van der Waals surface area contributed by atoms with E-state index in [1.165, 1.54) is 24.0 Å². The topological polar surface area (TPSA) is 38.3 Å². The molecule has 0 aliphatic carbocycles. The largest absolute Gasteiger partial charge is 0.378 e. The average molecular weight is 259 g/mol. The Labute approximate surface area is 114 Å². The molecule has 1 unspecified atom stereocenters. The second-order valence-corrected chi connectivity index (χ2v) is 5.54. The number of benzene rings is 1. The van der Waals surface area contributed by atoms with Crippen molar-refractivity contribution in [2.24, 2.45) is 0 Å². The Morgan fingerprint density at radius 2 is 2.21 bits per heavy atom. The third-order valence-corrected chi connectivity index (χ3v) is 4.11. The van der Waals surface area contributed by atoms with Crippen molar-refractivity contribution >= 4 is 5.78 Å². The number of hydrogen-bond acceptors (Lipinski definition) is 3. The molecule has 2 heterocycles. The fourth-order valence-electron chi connectivity index (χ4n) is 2.97. The van der Waals surface area contributed by atoms with Gasteiger partial charge in [-0.2, -0.15) is 0 Å². The highest BCUT2D eigenvalue weighted by molar-refractivity contribution is 5.96. The van der Waals surface area contributed by atoms with E-state index in [1.807, 2.05) is 6.07 Å². The molecule has 3 heteroatoms. The predicted molar refractivity (Wildman–Crippen MR) is 74.1 cm³/mol. The van der Waals surface area contributed by atoms with Gasteiger partial charge in [0, 0.05) is 31.7 Å². The number of ether oxygens (including phenoxy) is 1. The molecule has 0 spiro atoms. The number of carbonyl (C=O) groups excluding carboxylic acids is 1. The van der Waals surface area contributed by atoms with E-state index >= 15 is 0 Å². The molecule has 2 aliphatic heterocycles. The predicted octanol–water partition coefficient (Wildman–Crippen LogP) is 2.82. The van der Waals surface area contributed by atoms with Crippen LogP contribution in [0.15, 0.2) is 18.2 Å². The Morgan fingerprint density at radius 1 is 1.32 bits per heavy atom. The van der Waals surface area contributed by atoms with Crippen molar-refractivity contribution in [2.75, 3.05) is 6.61 Å². The summed E-state index contributed by atoms with van der Waals surface area (Å²) >= 11 is 0. The zero-order valence-corrected chi connectivity index (χ0v) is 11.3. The molecule has 1 atom stereocenters. The van der Waals surface area contributed by atoms with Gasteiger partial charge >= 0.3 is 0 Å². The van der Waals surface area contributed by atoms with Crippen LogP contribution in [-0.2, 0) is 17.8 Å². The van der Waals surface area contributed by atoms with Gasteiger partial charge in [-0.3, -0.25) is 4.79 Å². The zero-order valence-electron chi connectivity index (χ0n) is 11.3. The maximum absolute atomic E-state index is 12.2. The Balaban J connectivity index is 1.52. The maximum Gasteiger partial charge on any atom is 0.162 e. The van der Waals surface area contributed by atoms with E-state index in [-0.39, 0.29) is 5.78 Å². The van der Waals surface area contributed by atoms with Gasteiger partial charge in [0.2, 0.25) is 0 Å². The van der Waals surface area contributed by atoms with Gasteiger partial charge in [-0.05, 0) is 42.9 Å². The van der Waals surface area contributed by atoms with Gasteiger partial charge in [-0.25, -0.2) is 0 Å². The molecule has 0 saturated carbocycles. The first-order valence-corrected chi connectivity index (χ1v) is 7.30. The molecule has 2 aliphatic rings. The molecule has 1 saturated heterocycles. The van der Waals surface area contributed by atoms with Crippen LogP contribution >= 0.6 is 0 Å². The normalized spacial score (nSPS) is 21.6. The van der Waals surface area contributed by atoms with Crippen molar-refractivity contribution < 1.29 is 9.53 Å². The molecule has 1 aromatic rings. The molecule has 1 N–H and O–H groups in total. The molecule has 0 amide bonds. The Bertz CT molecular complexity index is 464. The molecular weight excluding hydrogens is 238 g/mol. The summed E-state index contributed by atoms with van der Waals surface area (Å²) in [7, 11) is 0. The molecule has 19 heavy (non-hydrogen) atoms. The van der Waals surface area contributed by atoms with E-state index < -0.39 is 0 Å². The molecule has 102 valence electrons. The highest BCUT2D eigenvalue weighted by Gasteiger charge is 2.17. The number of rotatable bonds is 5. The fraction of sp³-hybridized carbons (Fsp3) is 0.562. The second-order valence-electron chi connectivity index (χ2n) is 5.54. The van der Waals surface area contributed by atoms with Crippen LogP contribution in [0.2, 0.25) is 0 Å². The summed E-state index contributed by atoms with van der Waals surface area (Å²) in [5, 5.41) is 3.31. The first-order valence-electron chi connectivity index (χ1n) is 7.30. The van der Waals surface area contributed by atoms with Crippen molar-refractivity contribution in [1.82, 2.24) is 5.32 Å². The summed E-state index contributed by atoms with van der Waals surface area (Å²) in [5.74, 6) is 0.271. The Morgan fingerprint density at radius 3 is 3.05 bits per heavy atom. The third kappa shape index (κ3) is 3.04. The summed E-state index contributed by atoms with van der Waals surface area (Å²) in [4.78, 5) is 12.2. The van der Waals surface area contributed by atoms with Crippen molar-refractivity contribution in [3.05, 3.63) is 34.9 Å². The van der Waals surface area contributed by atoms with Crippen LogP contribution < -0.4 is 5.32 Å². The molecule has 0 radical (unpaired) electrons. The summed E-state index contributed by atoms with van der Waals surface area (Å²) in [5.41, 5.74) is 3.48. The van der Waals surface area contributed by atoms with E-state index in [4.69, 9.17) is 4.74 Å². The lowest BCUT2D eigenvalue weighted by Crippen LogP contribution is -2.07. The number of Topliss-reactive ketones (excluding diaryl/α,β-unsaturated/α-hetero) is 1. The summed E-state index contributed by atoms with van der Waals surface area (Å²) in [6.45, 7) is 2.73. The summed E-state index contributed by atoms with van der Waals surface area (Å²) in [6.07, 6.45) is 5.36. The third-order valence-electron chi connectivity index (χ3n) is 4.11. The summed E-state index contributed by atoms with van der Waals surface area (Å²) in [6, 6.07) is 6.12. The fourth-order valence-corrected chi connectivity index (χ4v) is 2.97. The van der Waals surface area contributed by atoms with E-state index in [2.05, 4.69) is 17.4 Å². The first kappa shape index (κ1) is 12.8. The van der Waals surface area contributed by atoms with Crippen molar-refractivity contribution in [3.8, 4) is 0 Å². The van der Waals surface area contributed by atoms with Crippen LogP contribution in [0.3, 0.4) is 0 Å². The van der Waals surface area contributed by atoms with E-state index in [0.717, 1.165) is 38.1 Å². The van der Waals surface area contributed by atoms with Crippen LogP contribution in [0.1, 0.15) is 53.6 Å². The number of fused-ring (bicyclic) bond motifs is 1. The molecule has 3 nitrogen and oxygen atoms in total. The molecular formula is C16H21NO2. The Kier molecular flexibility index (Phi) is 3.95. The van der Waals surface area contributed by atoms with Crippen molar-refractivity contribution in [1.29, 1.82) is 0 Å². The smallest absolute Gasteiger partial charge is 0.162 e. The number of nitrogens with one attached hydrogen (secondary N) is 1. The number of hydrogen-bond donors (Lipinski definition) is 1. The van der Waals surface area contributed by atoms with Gasteiger partial charge < -0.3 is 10.1 Å². The van der Waals surface area contributed by atoms with Crippen molar-refractivity contribution in [2.45, 2.75) is 51.3 Å². The lowest BCUT2D eigenvalue weighted by molar-refractivity contribution is 0.0922. The van der Waals surface area contributed by atoms with Gasteiger partial charge in [0.1, 0.15) is 0 Å². The molecule has 1 aromatic carbocycles. The minimum Gasteiger partial charge on any atom is -0.378 e. The average Bonchev–Trinajstić information content (AvgIpc) is 3.08. The molecule has 3 rings (SSSR count). The van der Waals surface area contributed by atoms with Gasteiger partial charge in [-0.1, -0.05) is 12.1 Å². The quantitative estimate of drug-likeness (QED) is 0.826. The molecule has 1 fully saturated rings. The van der Waals surface area contributed by atoms with Gasteiger partial charge in [0.15, 0.2) is 5.78 Å². The van der Waals surface area contributed by atoms with Crippen LogP contribution in [-0.4, -0.2) is 18.5 Å². The van der Waals surface area contributed by atoms with Gasteiger partial charge in [0.05, 0.1) is 6.10 Å². The van der Waals surface area contributed by atoms with Crippen LogP contribution in [0.4, 0.5) is 0 Å². The molecule has 0 aromatic heterocycles. The lowest BCUT2D eigenvalue weighted by atomic mass is 9.99. The highest BCUT2D eigenvalue weighted by Crippen LogP contribution is 2.20. The van der Waals surface area contributed by atoms with E-state index in [1.54, 1.807) is 0 Å². The van der Waals surface area contributed by atoms with Crippen LogP contribution in [0.5, 0.6) is 0 Å². The van der Waals surface area contributed by atoms with Gasteiger partial charge in [-0.15, -0.1) is 0 Å². The zero-order chi connectivity index (χ0) is 13.1. The summed E-state index contributed by atoms with van der Waals surface area (Å²) < 4.78 is 5.58. The standard InChI is InChI=1S/C16H21NO2/c18-16(5-1-3-15-4-2-8-19-15)12-6-7-13-10-17-11-14(13)9-12/h6-7,9,15,17H,1-5,8,10-11H2. The molecule has 0 bridgehead atoms. The second kappa shape index (κ2) is 5.85. The maximum atomic E-state index is 12.2. The van der Waals surface area contributed by atoms with Crippen molar-refractivity contribution in [3.63, 3.8) is 0 Å². The van der Waals surface area contributed by atoms with Crippen LogP contribution in [0, 0.1) is 0 Å². The number of ketones is 1. The minimum atomic E-state index is 0.271. The number of carbonyl (C=O) groups is 1. The van der Waals surface area contributed by atoms with E-state index in [9.17, 15) is 4.79 Å². The Hall–Kier alpha value is -1.19. The SMILES string of the molecule is O=C(CCCC1CCCO1)c1ccc2c(c1)CNC2. The highest BCUT2D eigenvalue weighted by atomic mass is 16.5.